The Labute approximate surface area is 153 Å². The second-order valence-electron chi connectivity index (χ2n) is 5.51. The summed E-state index contributed by atoms with van der Waals surface area (Å²) in [7, 11) is 0. The minimum Gasteiger partial charge on any atom is -0.350 e. The van der Waals surface area contributed by atoms with Crippen molar-refractivity contribution in [3.8, 4) is 0 Å². The zero-order valence-electron chi connectivity index (χ0n) is 13.1. The molecule has 9 heteroatoms. The van der Waals surface area contributed by atoms with Gasteiger partial charge in [0.15, 0.2) is 0 Å². The van der Waals surface area contributed by atoms with Gasteiger partial charge in [-0.15, -0.1) is 12.4 Å². The molecule has 0 saturated carbocycles. The lowest BCUT2D eigenvalue weighted by atomic mass is 10.1. The monoisotopic (exact) mass is 429 g/mol. The Morgan fingerprint density at radius 1 is 1.38 bits per heavy atom. The van der Waals surface area contributed by atoms with E-state index in [2.05, 4.69) is 26.6 Å². The van der Waals surface area contributed by atoms with E-state index in [9.17, 15) is 18.0 Å². The Morgan fingerprint density at radius 2 is 2.00 bits per heavy atom. The minimum atomic E-state index is -4.38. The smallest absolute Gasteiger partial charge is 0.350 e. The number of hydrogen-bond acceptors (Lipinski definition) is 3. The molecule has 1 amide bonds. The van der Waals surface area contributed by atoms with Crippen molar-refractivity contribution < 1.29 is 18.0 Å². The predicted octanol–water partition coefficient (Wildman–Crippen LogP) is 2.75. The first-order valence-corrected chi connectivity index (χ1v) is 8.14. The lowest BCUT2D eigenvalue weighted by Gasteiger charge is -2.35. The third-order valence-electron chi connectivity index (χ3n) is 3.87. The summed E-state index contributed by atoms with van der Waals surface area (Å²) in [6.07, 6.45) is -4.38. The predicted molar refractivity (Wildman–Crippen MR) is 92.7 cm³/mol. The third kappa shape index (κ3) is 5.61. The van der Waals surface area contributed by atoms with E-state index < -0.39 is 24.7 Å². The molecule has 0 radical (unpaired) electrons. The molecule has 0 bridgehead atoms. The number of amides is 1. The van der Waals surface area contributed by atoms with Crippen LogP contribution >= 0.6 is 28.3 Å². The van der Waals surface area contributed by atoms with Gasteiger partial charge in [-0.2, -0.15) is 13.2 Å². The highest BCUT2D eigenvalue weighted by Crippen LogP contribution is 2.25. The number of alkyl halides is 3. The lowest BCUT2D eigenvalue weighted by Crippen LogP contribution is -2.57. The quantitative estimate of drug-likeness (QED) is 0.772. The molecule has 1 heterocycles. The molecule has 4 nitrogen and oxygen atoms in total. The van der Waals surface area contributed by atoms with Crippen LogP contribution in [0.2, 0.25) is 0 Å². The molecule has 1 aliphatic heterocycles. The molecule has 1 fully saturated rings. The van der Waals surface area contributed by atoms with Crippen LogP contribution in [0.4, 0.5) is 13.2 Å². The molecule has 1 unspecified atom stereocenters. The SMILES string of the molecule is Cc1ccc(Br)cc1C(=O)NCC(N1CCNCC1)C(F)(F)F.Cl. The summed E-state index contributed by atoms with van der Waals surface area (Å²) in [4.78, 5) is 13.6. The van der Waals surface area contributed by atoms with Crippen LogP contribution in [0.25, 0.3) is 0 Å². The van der Waals surface area contributed by atoms with E-state index in [0.29, 0.717) is 36.2 Å². The Hall–Kier alpha value is -0.830. The van der Waals surface area contributed by atoms with E-state index in [0.717, 1.165) is 5.56 Å². The summed E-state index contributed by atoms with van der Waals surface area (Å²) in [6.45, 7) is 2.97. The van der Waals surface area contributed by atoms with E-state index in [1.54, 1.807) is 25.1 Å². The van der Waals surface area contributed by atoms with Crippen molar-refractivity contribution in [3.63, 3.8) is 0 Å². The summed E-state index contributed by atoms with van der Waals surface area (Å²) in [5.41, 5.74) is 1.09. The zero-order valence-corrected chi connectivity index (χ0v) is 15.5. The molecule has 1 aromatic rings. The van der Waals surface area contributed by atoms with E-state index in [-0.39, 0.29) is 12.4 Å². The highest BCUT2D eigenvalue weighted by atomic mass is 79.9. The van der Waals surface area contributed by atoms with Gasteiger partial charge >= 0.3 is 6.18 Å². The molecule has 1 aliphatic rings. The first kappa shape index (κ1) is 21.2. The van der Waals surface area contributed by atoms with Crippen molar-refractivity contribution in [2.24, 2.45) is 0 Å². The number of benzene rings is 1. The van der Waals surface area contributed by atoms with Gasteiger partial charge in [0.05, 0.1) is 0 Å². The normalized spacial score (nSPS) is 17.0. The van der Waals surface area contributed by atoms with Crippen LogP contribution in [0.3, 0.4) is 0 Å². The molecule has 1 saturated heterocycles. The molecular formula is C15H20BrClF3N3O. The topological polar surface area (TPSA) is 44.4 Å². The van der Waals surface area contributed by atoms with Gasteiger partial charge in [0.2, 0.25) is 0 Å². The molecule has 0 aromatic heterocycles. The van der Waals surface area contributed by atoms with Crippen molar-refractivity contribution in [2.75, 3.05) is 32.7 Å². The van der Waals surface area contributed by atoms with Crippen LogP contribution in [0, 0.1) is 6.92 Å². The van der Waals surface area contributed by atoms with E-state index in [4.69, 9.17) is 0 Å². The van der Waals surface area contributed by atoms with Crippen molar-refractivity contribution in [3.05, 3.63) is 33.8 Å². The maximum atomic E-state index is 13.3. The number of hydrogen-bond donors (Lipinski definition) is 2. The van der Waals surface area contributed by atoms with Gasteiger partial charge in [0, 0.05) is 42.8 Å². The number of carbonyl (C=O) groups is 1. The van der Waals surface area contributed by atoms with Gasteiger partial charge in [0.25, 0.3) is 5.91 Å². The van der Waals surface area contributed by atoms with E-state index >= 15 is 0 Å². The Kier molecular flexibility index (Phi) is 7.98. The summed E-state index contributed by atoms with van der Waals surface area (Å²) in [6, 6.07) is 3.47. The van der Waals surface area contributed by atoms with Gasteiger partial charge in [-0.05, 0) is 24.6 Å². The molecule has 0 spiro atoms. The minimum absolute atomic E-state index is 0. The molecule has 2 N–H and O–H groups in total. The van der Waals surface area contributed by atoms with Gasteiger partial charge in [-0.3, -0.25) is 9.69 Å². The Balaban J connectivity index is 0.00000288. The molecule has 2 rings (SSSR count). The van der Waals surface area contributed by atoms with Gasteiger partial charge in [-0.25, -0.2) is 0 Å². The van der Waals surface area contributed by atoms with Gasteiger partial charge < -0.3 is 10.6 Å². The average molecular weight is 431 g/mol. The fraction of sp³-hybridized carbons (Fsp3) is 0.533. The molecule has 1 aromatic carbocycles. The van der Waals surface area contributed by atoms with Crippen LogP contribution in [-0.2, 0) is 0 Å². The highest BCUT2D eigenvalue weighted by molar-refractivity contribution is 9.10. The van der Waals surface area contributed by atoms with E-state index in [1.807, 2.05) is 0 Å². The van der Waals surface area contributed by atoms with Crippen molar-refractivity contribution in [2.45, 2.75) is 19.1 Å². The second-order valence-corrected chi connectivity index (χ2v) is 6.43. The second kappa shape index (κ2) is 9.03. The first-order chi connectivity index (χ1) is 10.8. The molecule has 1 atom stereocenters. The van der Waals surface area contributed by atoms with Crippen molar-refractivity contribution in [1.29, 1.82) is 0 Å². The standard InChI is InChI=1S/C15H19BrF3N3O.ClH/c1-10-2-3-11(16)8-12(10)14(23)21-9-13(15(17,18)19)22-6-4-20-5-7-22;/h2-3,8,13,20H,4-7,9H2,1H3,(H,21,23);1H. The maximum absolute atomic E-state index is 13.3. The zero-order chi connectivity index (χ0) is 17.0. The first-order valence-electron chi connectivity index (χ1n) is 7.35. The number of aryl methyl sites for hydroxylation is 1. The highest BCUT2D eigenvalue weighted by Gasteiger charge is 2.43. The summed E-state index contributed by atoms with van der Waals surface area (Å²) < 4.78 is 40.6. The molecule has 0 aliphatic carbocycles. The summed E-state index contributed by atoms with van der Waals surface area (Å²) >= 11 is 3.26. The van der Waals surface area contributed by atoms with Gasteiger partial charge in [0.1, 0.15) is 6.04 Å². The van der Waals surface area contributed by atoms with Gasteiger partial charge in [-0.1, -0.05) is 22.0 Å². The number of carbonyl (C=O) groups excluding carboxylic acids is 1. The molecular weight excluding hydrogens is 411 g/mol. The number of nitrogens with one attached hydrogen (secondary N) is 2. The largest absolute Gasteiger partial charge is 0.405 e. The number of halogens is 5. The number of piperazine rings is 1. The number of rotatable bonds is 4. The van der Waals surface area contributed by atoms with Crippen LogP contribution in [0.5, 0.6) is 0 Å². The lowest BCUT2D eigenvalue weighted by molar-refractivity contribution is -0.183. The summed E-state index contributed by atoms with van der Waals surface area (Å²) in [5, 5.41) is 5.45. The van der Waals surface area contributed by atoms with Crippen LogP contribution < -0.4 is 10.6 Å². The van der Waals surface area contributed by atoms with Crippen molar-refractivity contribution >= 4 is 34.2 Å². The van der Waals surface area contributed by atoms with E-state index in [1.165, 1.54) is 4.90 Å². The molecule has 136 valence electrons. The summed E-state index contributed by atoms with van der Waals surface area (Å²) in [5.74, 6) is -0.492. The van der Waals surface area contributed by atoms with Crippen molar-refractivity contribution in [1.82, 2.24) is 15.5 Å². The Morgan fingerprint density at radius 3 is 2.58 bits per heavy atom. The van der Waals surface area contributed by atoms with Crippen LogP contribution in [0.15, 0.2) is 22.7 Å². The average Bonchev–Trinajstić information content (AvgIpc) is 2.49. The third-order valence-corrected chi connectivity index (χ3v) is 4.36. The fourth-order valence-corrected chi connectivity index (χ4v) is 2.93. The molecule has 24 heavy (non-hydrogen) atoms. The maximum Gasteiger partial charge on any atom is 0.405 e. The Bertz CT molecular complexity index is 565. The van der Waals surface area contributed by atoms with Crippen LogP contribution in [-0.4, -0.2) is 55.7 Å². The van der Waals surface area contributed by atoms with Crippen LogP contribution in [0.1, 0.15) is 15.9 Å². The fourth-order valence-electron chi connectivity index (χ4n) is 2.57. The number of nitrogens with zero attached hydrogens (tertiary/aromatic N) is 1.